The van der Waals surface area contributed by atoms with Crippen LogP contribution in [0.2, 0.25) is 0 Å². The third-order valence-electron chi connectivity index (χ3n) is 2.63. The summed E-state index contributed by atoms with van der Waals surface area (Å²) < 4.78 is 13.3. The van der Waals surface area contributed by atoms with E-state index in [-0.39, 0.29) is 17.3 Å². The van der Waals surface area contributed by atoms with Crippen molar-refractivity contribution in [3.63, 3.8) is 0 Å². The van der Waals surface area contributed by atoms with E-state index in [0.29, 0.717) is 0 Å². The Morgan fingerprint density at radius 3 is 2.31 bits per heavy atom. The Bertz CT molecular complexity index is 332. The number of halogens is 1. The third-order valence-corrected chi connectivity index (χ3v) is 2.63. The molecule has 1 nitrogen and oxygen atoms in total. The Labute approximate surface area is 98.1 Å². The highest BCUT2D eigenvalue weighted by Gasteiger charge is 2.19. The monoisotopic (exact) mass is 223 g/mol. The highest BCUT2D eigenvalue weighted by Crippen LogP contribution is 2.29. The molecule has 0 aromatic heterocycles. The molecule has 2 heteroatoms. The molecule has 0 fully saturated rings. The lowest BCUT2D eigenvalue weighted by Gasteiger charge is -2.26. The Kier molecular flexibility index (Phi) is 4.09. The average Bonchev–Trinajstić information content (AvgIpc) is 2.11. The Morgan fingerprint density at radius 2 is 1.88 bits per heavy atom. The minimum atomic E-state index is -0.149. The first kappa shape index (κ1) is 13.2. The van der Waals surface area contributed by atoms with E-state index in [1.165, 1.54) is 0 Å². The van der Waals surface area contributed by atoms with Crippen LogP contribution in [0.1, 0.15) is 44.4 Å². The molecule has 0 aliphatic carbocycles. The number of benzene rings is 1. The van der Waals surface area contributed by atoms with Gasteiger partial charge in [-0.1, -0.05) is 26.8 Å². The highest BCUT2D eigenvalue weighted by molar-refractivity contribution is 5.26. The number of rotatable bonds is 3. The van der Waals surface area contributed by atoms with E-state index in [0.717, 1.165) is 17.5 Å². The lowest BCUT2D eigenvalue weighted by molar-refractivity contribution is 0.320. The molecule has 0 aliphatic heterocycles. The van der Waals surface area contributed by atoms with Crippen LogP contribution in [-0.4, -0.2) is 7.05 Å². The van der Waals surface area contributed by atoms with E-state index in [4.69, 9.17) is 0 Å². The van der Waals surface area contributed by atoms with Crippen LogP contribution in [0.25, 0.3) is 0 Å². The summed E-state index contributed by atoms with van der Waals surface area (Å²) in [5, 5.41) is 3.26. The molecule has 0 amide bonds. The van der Waals surface area contributed by atoms with Gasteiger partial charge in [0.2, 0.25) is 0 Å². The van der Waals surface area contributed by atoms with Crippen molar-refractivity contribution in [2.75, 3.05) is 7.05 Å². The Balaban J connectivity index is 2.95. The molecule has 0 heterocycles. The van der Waals surface area contributed by atoms with E-state index < -0.39 is 0 Å². The van der Waals surface area contributed by atoms with Crippen LogP contribution in [-0.2, 0) is 0 Å². The SMILES string of the molecule is CNC(CC(C)(C)C)c1cc(C)cc(F)c1. The van der Waals surface area contributed by atoms with Crippen LogP contribution in [0.3, 0.4) is 0 Å². The van der Waals surface area contributed by atoms with Gasteiger partial charge in [0.05, 0.1) is 0 Å². The molecule has 1 aromatic rings. The second kappa shape index (κ2) is 4.96. The van der Waals surface area contributed by atoms with E-state index in [1.54, 1.807) is 12.1 Å². The quantitative estimate of drug-likeness (QED) is 0.821. The van der Waals surface area contributed by atoms with E-state index >= 15 is 0 Å². The zero-order chi connectivity index (χ0) is 12.3. The van der Waals surface area contributed by atoms with Gasteiger partial charge in [-0.3, -0.25) is 0 Å². The molecular formula is C14H22FN. The normalized spacial score (nSPS) is 13.9. The van der Waals surface area contributed by atoms with Crippen LogP contribution in [0.15, 0.2) is 18.2 Å². The first-order valence-electron chi connectivity index (χ1n) is 5.76. The lowest BCUT2D eigenvalue weighted by Crippen LogP contribution is -2.22. The molecular weight excluding hydrogens is 201 g/mol. The van der Waals surface area contributed by atoms with Crippen LogP contribution in [0.5, 0.6) is 0 Å². The number of nitrogens with one attached hydrogen (secondary N) is 1. The van der Waals surface area contributed by atoms with Gasteiger partial charge in [0.1, 0.15) is 5.82 Å². The predicted molar refractivity (Wildman–Crippen MR) is 67.0 cm³/mol. The van der Waals surface area contributed by atoms with E-state index in [2.05, 4.69) is 32.2 Å². The molecule has 16 heavy (non-hydrogen) atoms. The van der Waals surface area contributed by atoms with Gasteiger partial charge in [-0.05, 0) is 49.1 Å². The van der Waals surface area contributed by atoms with Crippen molar-refractivity contribution in [1.82, 2.24) is 5.32 Å². The standard InChI is InChI=1S/C14H22FN/c1-10-6-11(8-12(15)7-10)13(16-5)9-14(2,3)4/h6-8,13,16H,9H2,1-5H3. The molecule has 90 valence electrons. The minimum absolute atomic E-state index is 0.149. The second-order valence-corrected chi connectivity index (χ2v) is 5.67. The van der Waals surface area contributed by atoms with Gasteiger partial charge in [-0.15, -0.1) is 0 Å². The fourth-order valence-corrected chi connectivity index (χ4v) is 1.96. The Morgan fingerprint density at radius 1 is 1.25 bits per heavy atom. The zero-order valence-electron chi connectivity index (χ0n) is 10.9. The van der Waals surface area contributed by atoms with Crippen molar-refractivity contribution in [1.29, 1.82) is 0 Å². The maximum absolute atomic E-state index is 13.3. The topological polar surface area (TPSA) is 12.0 Å². The molecule has 0 saturated carbocycles. The summed E-state index contributed by atoms with van der Waals surface area (Å²) in [5.74, 6) is -0.149. The summed E-state index contributed by atoms with van der Waals surface area (Å²) in [6.45, 7) is 8.52. The van der Waals surface area contributed by atoms with Gasteiger partial charge < -0.3 is 5.32 Å². The molecule has 0 aliphatic rings. The van der Waals surface area contributed by atoms with Crippen LogP contribution < -0.4 is 5.32 Å². The largest absolute Gasteiger partial charge is 0.313 e. The summed E-state index contributed by atoms with van der Waals surface area (Å²) in [4.78, 5) is 0. The van der Waals surface area contributed by atoms with Crippen molar-refractivity contribution in [2.24, 2.45) is 5.41 Å². The summed E-state index contributed by atoms with van der Waals surface area (Å²) in [5.41, 5.74) is 2.24. The first-order valence-corrected chi connectivity index (χ1v) is 5.76. The first-order chi connectivity index (χ1) is 7.31. The molecule has 1 unspecified atom stereocenters. The van der Waals surface area contributed by atoms with Gasteiger partial charge in [0, 0.05) is 6.04 Å². The average molecular weight is 223 g/mol. The van der Waals surface area contributed by atoms with Gasteiger partial charge >= 0.3 is 0 Å². The number of aryl methyl sites for hydroxylation is 1. The van der Waals surface area contributed by atoms with Crippen molar-refractivity contribution in [3.05, 3.63) is 35.1 Å². The summed E-state index contributed by atoms with van der Waals surface area (Å²) >= 11 is 0. The Hall–Kier alpha value is -0.890. The van der Waals surface area contributed by atoms with Gasteiger partial charge in [-0.2, -0.15) is 0 Å². The van der Waals surface area contributed by atoms with Crippen molar-refractivity contribution >= 4 is 0 Å². The predicted octanol–water partition coefficient (Wildman–Crippen LogP) is 3.83. The molecule has 0 radical (unpaired) electrons. The molecule has 0 saturated heterocycles. The molecule has 1 atom stereocenters. The van der Waals surface area contributed by atoms with Gasteiger partial charge in [0.15, 0.2) is 0 Å². The van der Waals surface area contributed by atoms with E-state index in [1.807, 2.05) is 14.0 Å². The van der Waals surface area contributed by atoms with Crippen molar-refractivity contribution in [2.45, 2.75) is 40.2 Å². The summed E-state index contributed by atoms with van der Waals surface area (Å²) in [7, 11) is 1.93. The van der Waals surface area contributed by atoms with Crippen LogP contribution in [0, 0.1) is 18.2 Å². The number of hydrogen-bond acceptors (Lipinski definition) is 1. The fraction of sp³-hybridized carbons (Fsp3) is 0.571. The zero-order valence-corrected chi connectivity index (χ0v) is 10.9. The van der Waals surface area contributed by atoms with Gasteiger partial charge in [-0.25, -0.2) is 4.39 Å². The number of hydrogen-bond donors (Lipinski definition) is 1. The van der Waals surface area contributed by atoms with Gasteiger partial charge in [0.25, 0.3) is 0 Å². The smallest absolute Gasteiger partial charge is 0.123 e. The molecule has 0 bridgehead atoms. The third kappa shape index (κ3) is 3.93. The minimum Gasteiger partial charge on any atom is -0.313 e. The maximum Gasteiger partial charge on any atom is 0.123 e. The fourth-order valence-electron chi connectivity index (χ4n) is 1.96. The summed E-state index contributed by atoms with van der Waals surface area (Å²) in [6, 6.07) is 5.46. The molecule has 1 rings (SSSR count). The molecule has 0 spiro atoms. The summed E-state index contributed by atoms with van der Waals surface area (Å²) in [6.07, 6.45) is 0.992. The highest BCUT2D eigenvalue weighted by atomic mass is 19.1. The lowest BCUT2D eigenvalue weighted by atomic mass is 9.85. The second-order valence-electron chi connectivity index (χ2n) is 5.67. The van der Waals surface area contributed by atoms with Crippen LogP contribution in [0.4, 0.5) is 4.39 Å². The molecule has 1 N–H and O–H groups in total. The van der Waals surface area contributed by atoms with Crippen molar-refractivity contribution < 1.29 is 4.39 Å². The van der Waals surface area contributed by atoms with Crippen LogP contribution >= 0.6 is 0 Å². The maximum atomic E-state index is 13.3. The van der Waals surface area contributed by atoms with E-state index in [9.17, 15) is 4.39 Å². The van der Waals surface area contributed by atoms with Crippen molar-refractivity contribution in [3.8, 4) is 0 Å². The molecule has 1 aromatic carbocycles.